The normalized spacial score (nSPS) is 10.5. The van der Waals surface area contributed by atoms with E-state index in [-0.39, 0.29) is 0 Å². The van der Waals surface area contributed by atoms with Crippen molar-refractivity contribution in [1.29, 1.82) is 5.26 Å². The van der Waals surface area contributed by atoms with Gasteiger partial charge in [-0.05, 0) is 44.4 Å². The second-order valence-corrected chi connectivity index (χ2v) is 5.77. The van der Waals surface area contributed by atoms with Crippen LogP contribution >= 0.6 is 11.3 Å². The maximum absolute atomic E-state index is 9.25. The van der Waals surface area contributed by atoms with Gasteiger partial charge in [0, 0.05) is 16.6 Å². The number of anilines is 1. The SMILES string of the molecule is Cc1ccc(C#N)c(N(Cc2cccs2)C(C)C)n1. The summed E-state index contributed by atoms with van der Waals surface area (Å²) < 4.78 is 0. The lowest BCUT2D eigenvalue weighted by Gasteiger charge is -2.28. The van der Waals surface area contributed by atoms with Crippen molar-refractivity contribution >= 4 is 17.2 Å². The zero-order valence-electron chi connectivity index (χ0n) is 11.4. The number of hydrogen-bond acceptors (Lipinski definition) is 4. The van der Waals surface area contributed by atoms with Crippen LogP contribution in [-0.2, 0) is 6.54 Å². The molecule has 0 unspecified atom stereocenters. The van der Waals surface area contributed by atoms with Crippen molar-refractivity contribution in [1.82, 2.24) is 4.98 Å². The van der Waals surface area contributed by atoms with E-state index >= 15 is 0 Å². The Morgan fingerprint density at radius 2 is 2.16 bits per heavy atom. The minimum atomic E-state index is 0.295. The smallest absolute Gasteiger partial charge is 0.147 e. The van der Waals surface area contributed by atoms with E-state index in [1.807, 2.05) is 25.1 Å². The average molecular weight is 271 g/mol. The van der Waals surface area contributed by atoms with Crippen molar-refractivity contribution < 1.29 is 0 Å². The molecule has 0 spiro atoms. The molecular weight excluding hydrogens is 254 g/mol. The fourth-order valence-corrected chi connectivity index (χ4v) is 2.62. The van der Waals surface area contributed by atoms with Crippen LogP contribution in [0.15, 0.2) is 29.6 Å². The van der Waals surface area contributed by atoms with Gasteiger partial charge in [-0.2, -0.15) is 5.26 Å². The van der Waals surface area contributed by atoms with E-state index in [9.17, 15) is 5.26 Å². The second-order valence-electron chi connectivity index (χ2n) is 4.74. The third-order valence-corrected chi connectivity index (χ3v) is 3.80. The van der Waals surface area contributed by atoms with Gasteiger partial charge >= 0.3 is 0 Å². The summed E-state index contributed by atoms with van der Waals surface area (Å²) in [5.41, 5.74) is 1.57. The molecule has 2 heterocycles. The van der Waals surface area contributed by atoms with Gasteiger partial charge in [0.1, 0.15) is 11.9 Å². The summed E-state index contributed by atoms with van der Waals surface area (Å²) in [6, 6.07) is 10.4. The molecule has 0 atom stereocenters. The molecule has 2 aromatic heterocycles. The molecule has 0 aliphatic carbocycles. The number of rotatable bonds is 4. The first-order chi connectivity index (χ1) is 9.11. The highest BCUT2D eigenvalue weighted by Gasteiger charge is 2.17. The van der Waals surface area contributed by atoms with E-state index in [1.165, 1.54) is 4.88 Å². The Balaban J connectivity index is 2.39. The Morgan fingerprint density at radius 1 is 1.37 bits per heavy atom. The Labute approximate surface area is 118 Å². The molecule has 0 bridgehead atoms. The van der Waals surface area contributed by atoms with Crippen molar-refractivity contribution in [3.05, 3.63) is 45.8 Å². The molecule has 3 nitrogen and oxygen atoms in total. The summed E-state index contributed by atoms with van der Waals surface area (Å²) in [4.78, 5) is 8.01. The molecule has 0 saturated carbocycles. The first-order valence-corrected chi connectivity index (χ1v) is 7.16. The predicted molar refractivity (Wildman–Crippen MR) is 79.3 cm³/mol. The van der Waals surface area contributed by atoms with Crippen LogP contribution in [0.5, 0.6) is 0 Å². The lowest BCUT2D eigenvalue weighted by molar-refractivity contribution is 0.675. The number of thiophene rings is 1. The molecule has 19 heavy (non-hydrogen) atoms. The molecule has 0 saturated heterocycles. The highest BCUT2D eigenvalue weighted by atomic mass is 32.1. The molecule has 0 aliphatic rings. The van der Waals surface area contributed by atoms with Gasteiger partial charge in [-0.15, -0.1) is 11.3 Å². The van der Waals surface area contributed by atoms with E-state index < -0.39 is 0 Å². The van der Waals surface area contributed by atoms with Gasteiger partial charge in [0.15, 0.2) is 0 Å². The van der Waals surface area contributed by atoms with Crippen LogP contribution in [0.2, 0.25) is 0 Å². The van der Waals surface area contributed by atoms with Crippen LogP contribution < -0.4 is 4.90 Å². The van der Waals surface area contributed by atoms with E-state index in [1.54, 1.807) is 11.3 Å². The summed E-state index contributed by atoms with van der Waals surface area (Å²) in [7, 11) is 0. The lowest BCUT2D eigenvalue weighted by Crippen LogP contribution is -2.31. The molecule has 98 valence electrons. The number of hydrogen-bond donors (Lipinski definition) is 0. The summed E-state index contributed by atoms with van der Waals surface area (Å²) in [6.07, 6.45) is 0. The predicted octanol–water partition coefficient (Wildman–Crippen LogP) is 3.74. The van der Waals surface area contributed by atoms with E-state index in [0.29, 0.717) is 11.6 Å². The van der Waals surface area contributed by atoms with Gasteiger partial charge in [-0.1, -0.05) is 6.07 Å². The molecule has 0 amide bonds. The first-order valence-electron chi connectivity index (χ1n) is 6.28. The third kappa shape index (κ3) is 3.12. The Bertz CT molecular complexity index is 582. The molecule has 0 radical (unpaired) electrons. The summed E-state index contributed by atoms with van der Waals surface area (Å²) in [5, 5.41) is 11.3. The molecule has 4 heteroatoms. The van der Waals surface area contributed by atoms with Crippen LogP contribution in [0.1, 0.15) is 30.0 Å². The van der Waals surface area contributed by atoms with E-state index in [2.05, 4.69) is 41.2 Å². The lowest BCUT2D eigenvalue weighted by atomic mass is 10.2. The summed E-state index contributed by atoms with van der Waals surface area (Å²) in [5.74, 6) is 0.783. The topological polar surface area (TPSA) is 39.9 Å². The third-order valence-electron chi connectivity index (χ3n) is 2.94. The monoisotopic (exact) mass is 271 g/mol. The summed E-state index contributed by atoms with van der Waals surface area (Å²) >= 11 is 1.73. The standard InChI is InChI=1S/C15H17N3S/c1-11(2)18(10-14-5-4-8-19-14)15-13(9-16)7-6-12(3)17-15/h4-8,11H,10H2,1-3H3. The number of nitriles is 1. The minimum Gasteiger partial charge on any atom is -0.348 e. The van der Waals surface area contributed by atoms with Crippen LogP contribution in [0, 0.1) is 18.3 Å². The number of aromatic nitrogens is 1. The fraction of sp³-hybridized carbons (Fsp3) is 0.333. The molecule has 2 aromatic rings. The Morgan fingerprint density at radius 3 is 2.74 bits per heavy atom. The van der Waals surface area contributed by atoms with Crippen molar-refractivity contribution in [2.45, 2.75) is 33.4 Å². The quantitative estimate of drug-likeness (QED) is 0.850. The largest absolute Gasteiger partial charge is 0.348 e. The zero-order chi connectivity index (χ0) is 13.8. The molecule has 2 rings (SSSR count). The highest BCUT2D eigenvalue weighted by Crippen LogP contribution is 2.24. The van der Waals surface area contributed by atoms with Crippen LogP contribution in [-0.4, -0.2) is 11.0 Å². The molecule has 0 N–H and O–H groups in total. The van der Waals surface area contributed by atoms with Gasteiger partial charge in [0.05, 0.1) is 12.1 Å². The minimum absolute atomic E-state index is 0.295. The maximum Gasteiger partial charge on any atom is 0.147 e. The van der Waals surface area contributed by atoms with Gasteiger partial charge in [-0.3, -0.25) is 0 Å². The van der Waals surface area contributed by atoms with Gasteiger partial charge in [-0.25, -0.2) is 4.98 Å². The van der Waals surface area contributed by atoms with Gasteiger partial charge in [0.25, 0.3) is 0 Å². The fourth-order valence-electron chi connectivity index (χ4n) is 1.92. The van der Waals surface area contributed by atoms with Gasteiger partial charge in [0.2, 0.25) is 0 Å². The molecule has 0 aliphatic heterocycles. The Kier molecular flexibility index (Phi) is 4.18. The maximum atomic E-state index is 9.25. The molecular formula is C15H17N3S. The van der Waals surface area contributed by atoms with Gasteiger partial charge < -0.3 is 4.90 Å². The van der Waals surface area contributed by atoms with Crippen molar-refractivity contribution in [3.8, 4) is 6.07 Å². The molecule has 0 aromatic carbocycles. The number of nitrogens with zero attached hydrogens (tertiary/aromatic N) is 3. The van der Waals surface area contributed by atoms with E-state index in [4.69, 9.17) is 0 Å². The second kappa shape index (κ2) is 5.85. The van der Waals surface area contributed by atoms with Crippen molar-refractivity contribution in [2.75, 3.05) is 4.90 Å². The molecule has 0 fully saturated rings. The summed E-state index contributed by atoms with van der Waals surface area (Å²) in [6.45, 7) is 6.99. The van der Waals surface area contributed by atoms with E-state index in [0.717, 1.165) is 18.1 Å². The number of pyridine rings is 1. The van der Waals surface area contributed by atoms with Crippen LogP contribution in [0.25, 0.3) is 0 Å². The van der Waals surface area contributed by atoms with Crippen molar-refractivity contribution in [2.24, 2.45) is 0 Å². The number of aryl methyl sites for hydroxylation is 1. The van der Waals surface area contributed by atoms with Crippen LogP contribution in [0.4, 0.5) is 5.82 Å². The average Bonchev–Trinajstić information content (AvgIpc) is 2.88. The van der Waals surface area contributed by atoms with Crippen molar-refractivity contribution in [3.63, 3.8) is 0 Å². The Hall–Kier alpha value is -1.86. The van der Waals surface area contributed by atoms with Crippen LogP contribution in [0.3, 0.4) is 0 Å². The first kappa shape index (κ1) is 13.6. The highest BCUT2D eigenvalue weighted by molar-refractivity contribution is 7.09. The zero-order valence-corrected chi connectivity index (χ0v) is 12.2.